The normalized spacial score (nSPS) is 10.9. The van der Waals surface area contributed by atoms with E-state index in [-0.39, 0.29) is 0 Å². The Bertz CT molecular complexity index is 969. The highest BCUT2D eigenvalue weighted by atomic mass is 32.2. The lowest BCUT2D eigenvalue weighted by atomic mass is 10.2. The highest BCUT2D eigenvalue weighted by Gasteiger charge is 2.01. The lowest BCUT2D eigenvalue weighted by Crippen LogP contribution is -2.28. The first-order valence-corrected chi connectivity index (χ1v) is 9.65. The molecule has 5 N–H and O–H groups in total. The number of nitrogens with two attached hydrogens (primary N) is 1. The van der Waals surface area contributed by atoms with E-state index < -0.39 is 10.3 Å². The lowest BCUT2D eigenvalue weighted by Gasteiger charge is -2.04. The van der Waals surface area contributed by atoms with Crippen molar-refractivity contribution < 1.29 is 13.0 Å². The molecule has 0 atom stereocenters. The van der Waals surface area contributed by atoms with Crippen LogP contribution in [-0.2, 0) is 10.3 Å². The van der Waals surface area contributed by atoms with Crippen LogP contribution in [0.1, 0.15) is 5.56 Å². The van der Waals surface area contributed by atoms with Crippen molar-refractivity contribution in [1.82, 2.24) is 4.83 Å². The smallest absolute Gasteiger partial charge is 0.350 e. The van der Waals surface area contributed by atoms with Gasteiger partial charge in [0.15, 0.2) is 0 Å². The molecule has 0 aliphatic rings. The molecule has 3 aromatic rings. The second kappa shape index (κ2) is 10.2. The molecule has 0 bridgehead atoms. The summed E-state index contributed by atoms with van der Waals surface area (Å²) in [6.07, 6.45) is 0. The molecular formula is C19H21N5O3S. The molecule has 0 aliphatic heterocycles. The van der Waals surface area contributed by atoms with Gasteiger partial charge in [-0.05, 0) is 55.5 Å². The third-order valence-electron chi connectivity index (χ3n) is 3.31. The average molecular weight is 399 g/mol. The number of nitrogens with one attached hydrogen (secondary N) is 2. The number of azo groups is 1. The number of nitrogen functional groups attached to an aromatic ring is 1. The Morgan fingerprint density at radius 1 is 0.821 bits per heavy atom. The van der Waals surface area contributed by atoms with Crippen LogP contribution in [-0.4, -0.2) is 13.0 Å². The monoisotopic (exact) mass is 399 g/mol. The summed E-state index contributed by atoms with van der Waals surface area (Å²) in [5.74, 6) is 0. The molecule has 0 saturated carbocycles. The fourth-order valence-electron chi connectivity index (χ4n) is 1.91. The molecule has 0 amide bonds. The van der Waals surface area contributed by atoms with Gasteiger partial charge < -0.3 is 11.2 Å². The molecule has 0 radical (unpaired) electrons. The Kier molecular flexibility index (Phi) is 7.64. The maximum atomic E-state index is 10.5. The molecule has 0 fully saturated rings. The summed E-state index contributed by atoms with van der Waals surface area (Å²) < 4.78 is 29.5. The van der Waals surface area contributed by atoms with Crippen LogP contribution in [0.5, 0.6) is 0 Å². The zero-order valence-electron chi connectivity index (χ0n) is 15.1. The van der Waals surface area contributed by atoms with Crippen molar-refractivity contribution in [1.29, 1.82) is 0 Å². The van der Waals surface area contributed by atoms with Gasteiger partial charge >= 0.3 is 10.3 Å². The molecule has 3 aromatic carbocycles. The summed E-state index contributed by atoms with van der Waals surface area (Å²) in [4.78, 5) is 1.74. The number of aryl methyl sites for hydroxylation is 1. The van der Waals surface area contributed by atoms with Crippen molar-refractivity contribution in [3.8, 4) is 0 Å². The molecule has 8 nitrogen and oxygen atoms in total. The van der Waals surface area contributed by atoms with Crippen LogP contribution in [0.3, 0.4) is 0 Å². The van der Waals surface area contributed by atoms with Crippen LogP contribution in [0.4, 0.5) is 22.7 Å². The van der Waals surface area contributed by atoms with Gasteiger partial charge in [-0.1, -0.05) is 35.9 Å². The first-order valence-electron chi connectivity index (χ1n) is 8.21. The van der Waals surface area contributed by atoms with E-state index in [0.717, 1.165) is 11.4 Å². The Morgan fingerprint density at radius 2 is 1.36 bits per heavy atom. The van der Waals surface area contributed by atoms with Crippen LogP contribution in [0, 0.1) is 6.92 Å². The molecule has 28 heavy (non-hydrogen) atoms. The Balaban J connectivity index is 0.000000292. The number of benzene rings is 3. The number of rotatable bonds is 5. The van der Waals surface area contributed by atoms with E-state index in [1.165, 1.54) is 5.56 Å². The fourth-order valence-corrected chi connectivity index (χ4v) is 2.16. The van der Waals surface area contributed by atoms with E-state index in [0.29, 0.717) is 11.4 Å². The number of nitrogens with zero attached hydrogens (tertiary/aromatic N) is 2. The number of hydrazine groups is 1. The summed E-state index contributed by atoms with van der Waals surface area (Å²) in [7, 11) is -4.28. The Hall–Kier alpha value is -3.27. The number of hydrogen-bond donors (Lipinski definition) is 4. The van der Waals surface area contributed by atoms with Gasteiger partial charge in [0.1, 0.15) is 0 Å². The minimum absolute atomic E-state index is 0.460. The van der Waals surface area contributed by atoms with Crippen LogP contribution >= 0.6 is 0 Å². The zero-order chi connectivity index (χ0) is 20.4. The molecule has 0 aromatic heterocycles. The van der Waals surface area contributed by atoms with Gasteiger partial charge in [0.2, 0.25) is 0 Å². The van der Waals surface area contributed by atoms with Crippen LogP contribution in [0.2, 0.25) is 0 Å². The van der Waals surface area contributed by atoms with Crippen molar-refractivity contribution >= 4 is 33.1 Å². The Morgan fingerprint density at radius 3 is 1.86 bits per heavy atom. The molecule has 0 spiro atoms. The summed E-state index contributed by atoms with van der Waals surface area (Å²) in [5, 5.41) is 8.08. The van der Waals surface area contributed by atoms with Crippen molar-refractivity contribution in [3.05, 3.63) is 84.4 Å². The van der Waals surface area contributed by atoms with Gasteiger partial charge in [-0.25, -0.2) is 0 Å². The van der Waals surface area contributed by atoms with Crippen molar-refractivity contribution in [2.24, 2.45) is 10.2 Å². The lowest BCUT2D eigenvalue weighted by molar-refractivity contribution is 0.473. The van der Waals surface area contributed by atoms with Crippen LogP contribution < -0.4 is 16.0 Å². The van der Waals surface area contributed by atoms with E-state index in [1.54, 1.807) is 29.1 Å². The molecule has 0 saturated heterocycles. The predicted molar refractivity (Wildman–Crippen MR) is 111 cm³/mol. The standard InChI is InChI=1S/C12H12N4O3S.C7H9N/c17-20(18,19)16-15-12-8-6-11(7-9-12)14-13-10-4-2-1-3-5-10;1-6-2-4-7(8)5-3-6/h1-9,15-16H,(H,17,18,19);2-5H,8H2,1H3. The van der Waals surface area contributed by atoms with E-state index in [2.05, 4.69) is 15.7 Å². The SMILES string of the molecule is Cc1ccc(N)cc1.O=S(=O)(O)NNc1ccc(N=Nc2ccccc2)cc1. The molecule has 3 rings (SSSR count). The first kappa shape index (κ1) is 21.0. The second-order valence-electron chi connectivity index (χ2n) is 5.70. The topological polar surface area (TPSA) is 129 Å². The molecular weight excluding hydrogens is 378 g/mol. The fraction of sp³-hybridized carbons (Fsp3) is 0.0526. The Labute approximate surface area is 164 Å². The summed E-state index contributed by atoms with van der Waals surface area (Å²) >= 11 is 0. The third-order valence-corrected chi connectivity index (χ3v) is 3.67. The van der Waals surface area contributed by atoms with Crippen molar-refractivity contribution in [3.63, 3.8) is 0 Å². The maximum Gasteiger partial charge on any atom is 0.350 e. The van der Waals surface area contributed by atoms with E-state index >= 15 is 0 Å². The molecule has 0 aliphatic carbocycles. The second-order valence-corrected chi connectivity index (χ2v) is 6.85. The average Bonchev–Trinajstić information content (AvgIpc) is 2.69. The van der Waals surface area contributed by atoms with Gasteiger partial charge in [0, 0.05) is 5.69 Å². The number of hydrogen-bond acceptors (Lipinski definition) is 6. The maximum absolute atomic E-state index is 10.5. The highest BCUT2D eigenvalue weighted by molar-refractivity contribution is 7.83. The number of anilines is 2. The van der Waals surface area contributed by atoms with Crippen molar-refractivity contribution in [2.75, 3.05) is 11.2 Å². The largest absolute Gasteiger partial charge is 0.399 e. The predicted octanol–water partition coefficient (Wildman–Crippen LogP) is 4.40. The van der Waals surface area contributed by atoms with Crippen molar-refractivity contribution in [2.45, 2.75) is 6.92 Å². The first-order chi connectivity index (χ1) is 13.3. The van der Waals surface area contributed by atoms with Gasteiger partial charge in [0.25, 0.3) is 0 Å². The molecule has 0 heterocycles. The van der Waals surface area contributed by atoms with Crippen LogP contribution in [0.25, 0.3) is 0 Å². The molecule has 146 valence electrons. The van der Waals surface area contributed by atoms with E-state index in [1.807, 2.05) is 61.5 Å². The highest BCUT2D eigenvalue weighted by Crippen LogP contribution is 2.19. The summed E-state index contributed by atoms with van der Waals surface area (Å²) in [5.41, 5.74) is 11.6. The molecule has 9 heteroatoms. The minimum atomic E-state index is -4.28. The van der Waals surface area contributed by atoms with Crippen LogP contribution in [0.15, 0.2) is 89.1 Å². The van der Waals surface area contributed by atoms with Gasteiger partial charge in [-0.3, -0.25) is 4.55 Å². The van der Waals surface area contributed by atoms with E-state index in [4.69, 9.17) is 10.3 Å². The minimum Gasteiger partial charge on any atom is -0.399 e. The molecule has 0 unspecified atom stereocenters. The zero-order valence-corrected chi connectivity index (χ0v) is 16.0. The van der Waals surface area contributed by atoms with Gasteiger partial charge in [-0.15, -0.1) is 4.83 Å². The summed E-state index contributed by atoms with van der Waals surface area (Å²) in [6.45, 7) is 2.04. The van der Waals surface area contributed by atoms with E-state index in [9.17, 15) is 8.42 Å². The quantitative estimate of drug-likeness (QED) is 0.219. The summed E-state index contributed by atoms with van der Waals surface area (Å²) in [6, 6.07) is 23.6. The van der Waals surface area contributed by atoms with Gasteiger partial charge in [-0.2, -0.15) is 18.6 Å². The van der Waals surface area contributed by atoms with Gasteiger partial charge in [0.05, 0.1) is 17.1 Å². The third kappa shape index (κ3) is 8.41.